The van der Waals surface area contributed by atoms with Crippen LogP contribution in [0.5, 0.6) is 0 Å². The molecule has 0 spiro atoms. The molecule has 10 heteroatoms. The van der Waals surface area contributed by atoms with Crippen LogP contribution in [-0.4, -0.2) is 72.2 Å². The second-order valence-corrected chi connectivity index (χ2v) is 9.88. The van der Waals surface area contributed by atoms with Crippen molar-refractivity contribution in [2.24, 2.45) is 0 Å². The van der Waals surface area contributed by atoms with E-state index in [2.05, 4.69) is 54.9 Å². The Bertz CT molecular complexity index is 1520. The summed E-state index contributed by atoms with van der Waals surface area (Å²) < 4.78 is 0. The van der Waals surface area contributed by atoms with Crippen LogP contribution in [0.3, 0.4) is 0 Å². The molecular formula is C29H30N8O2. The van der Waals surface area contributed by atoms with Crippen molar-refractivity contribution in [1.82, 2.24) is 25.5 Å². The normalized spacial score (nSPS) is 14.9. The maximum absolute atomic E-state index is 13.7. The number of aromatic amines is 1. The van der Waals surface area contributed by atoms with Gasteiger partial charge in [-0.3, -0.25) is 14.9 Å². The lowest BCUT2D eigenvalue weighted by Crippen LogP contribution is -2.42. The van der Waals surface area contributed by atoms with Crippen molar-refractivity contribution in [2.45, 2.75) is 6.42 Å². The van der Waals surface area contributed by atoms with Gasteiger partial charge in [-0.15, -0.1) is 0 Å². The standard InChI is InChI=1S/C29H30N8O2/c1-35-15-6-16-37(18-17-35)20-12-10-19(11-13-20)26-25-27(33-32-26)21-7-5-8-22(24(21)28(25)38)31-29(39)34-36(2)23-9-3-4-14-30-23/h3-5,7-14H,6,15-18H2,1-2H3,(H,32,33)(H2,31,34,39). The van der Waals surface area contributed by atoms with Gasteiger partial charge < -0.3 is 15.1 Å². The first-order valence-corrected chi connectivity index (χ1v) is 13.0. The van der Waals surface area contributed by atoms with Crippen LogP contribution in [0.2, 0.25) is 0 Å². The van der Waals surface area contributed by atoms with Gasteiger partial charge in [0.2, 0.25) is 0 Å². The van der Waals surface area contributed by atoms with Crippen LogP contribution in [0, 0.1) is 0 Å². The maximum Gasteiger partial charge on any atom is 0.338 e. The first-order chi connectivity index (χ1) is 19.0. The number of pyridine rings is 1. The SMILES string of the molecule is CN1CCCN(c2ccc(-c3n[nH]c4c3C(=O)c3c(NC(=O)NN(C)c5ccccn5)cccc3-4)cc2)CC1. The molecule has 1 saturated heterocycles. The molecule has 0 atom stereocenters. The Hall–Kier alpha value is -4.70. The highest BCUT2D eigenvalue weighted by Crippen LogP contribution is 2.43. The average Bonchev–Trinajstić information content (AvgIpc) is 3.43. The molecule has 3 N–H and O–H groups in total. The number of rotatable bonds is 5. The molecular weight excluding hydrogens is 492 g/mol. The molecule has 0 radical (unpaired) electrons. The monoisotopic (exact) mass is 522 g/mol. The molecule has 0 saturated carbocycles. The number of H-pyrrole nitrogens is 1. The van der Waals surface area contributed by atoms with Gasteiger partial charge >= 0.3 is 6.03 Å². The minimum Gasteiger partial charge on any atom is -0.370 e. The molecule has 1 aliphatic heterocycles. The summed E-state index contributed by atoms with van der Waals surface area (Å²) in [5.41, 5.74) is 8.16. The van der Waals surface area contributed by atoms with Crippen LogP contribution in [0.1, 0.15) is 22.3 Å². The van der Waals surface area contributed by atoms with E-state index >= 15 is 0 Å². The number of ketones is 1. The number of urea groups is 1. The van der Waals surface area contributed by atoms with Crippen LogP contribution in [0.4, 0.5) is 22.0 Å². The Labute approximate surface area is 226 Å². The number of nitrogens with zero attached hydrogens (tertiary/aromatic N) is 5. The zero-order valence-corrected chi connectivity index (χ0v) is 21.9. The van der Waals surface area contributed by atoms with Gasteiger partial charge in [0.1, 0.15) is 11.5 Å². The molecule has 4 aromatic rings. The molecule has 1 fully saturated rings. The second kappa shape index (κ2) is 10.2. The number of carbonyl (C=O) groups is 2. The molecule has 2 amide bonds. The van der Waals surface area contributed by atoms with Crippen molar-refractivity contribution in [3.05, 3.63) is 78.0 Å². The third-order valence-corrected chi connectivity index (χ3v) is 7.29. The summed E-state index contributed by atoms with van der Waals surface area (Å²) in [5.74, 6) is 0.416. The van der Waals surface area contributed by atoms with Gasteiger partial charge in [-0.1, -0.05) is 30.3 Å². The van der Waals surface area contributed by atoms with Crippen molar-refractivity contribution >= 4 is 29.0 Å². The molecule has 0 bridgehead atoms. The molecule has 3 heterocycles. The van der Waals surface area contributed by atoms with Crippen LogP contribution in [0.25, 0.3) is 22.5 Å². The van der Waals surface area contributed by atoms with E-state index in [0.29, 0.717) is 34.0 Å². The lowest BCUT2D eigenvalue weighted by atomic mass is 10.0. The predicted molar refractivity (Wildman–Crippen MR) is 152 cm³/mol. The first-order valence-electron chi connectivity index (χ1n) is 13.0. The minimum absolute atomic E-state index is 0.169. The largest absolute Gasteiger partial charge is 0.370 e. The van der Waals surface area contributed by atoms with E-state index in [4.69, 9.17) is 0 Å². The van der Waals surface area contributed by atoms with Gasteiger partial charge in [0.05, 0.1) is 22.5 Å². The summed E-state index contributed by atoms with van der Waals surface area (Å²) in [4.78, 5) is 35.5. The number of likely N-dealkylation sites (N-methyl/N-ethyl adjacent to an activating group) is 1. The third-order valence-electron chi connectivity index (χ3n) is 7.29. The number of fused-ring (bicyclic) bond motifs is 3. The van der Waals surface area contributed by atoms with Gasteiger partial charge in [0, 0.05) is 49.7 Å². The highest BCUT2D eigenvalue weighted by atomic mass is 16.2. The second-order valence-electron chi connectivity index (χ2n) is 9.88. The van der Waals surface area contributed by atoms with E-state index < -0.39 is 6.03 Å². The number of amides is 2. The zero-order chi connectivity index (χ0) is 26.9. The Kier molecular flexibility index (Phi) is 6.45. The van der Waals surface area contributed by atoms with E-state index in [1.165, 1.54) is 10.7 Å². The Morgan fingerprint density at radius 2 is 1.82 bits per heavy atom. The van der Waals surface area contributed by atoms with Gasteiger partial charge in [-0.05, 0) is 50.3 Å². The van der Waals surface area contributed by atoms with E-state index in [0.717, 1.165) is 43.7 Å². The quantitative estimate of drug-likeness (QED) is 0.299. The fourth-order valence-electron chi connectivity index (χ4n) is 5.25. The molecule has 1 aliphatic carbocycles. The predicted octanol–water partition coefficient (Wildman–Crippen LogP) is 4.00. The molecule has 2 aliphatic rings. The fourth-order valence-corrected chi connectivity index (χ4v) is 5.25. The van der Waals surface area contributed by atoms with Crippen LogP contribution in [0.15, 0.2) is 66.9 Å². The average molecular weight is 523 g/mol. The van der Waals surface area contributed by atoms with E-state index in [1.807, 2.05) is 30.3 Å². The molecule has 0 unspecified atom stereocenters. The van der Waals surface area contributed by atoms with E-state index in [9.17, 15) is 9.59 Å². The number of hydrogen-bond donors (Lipinski definition) is 3. The molecule has 10 nitrogen and oxygen atoms in total. The van der Waals surface area contributed by atoms with Crippen molar-refractivity contribution in [2.75, 3.05) is 55.5 Å². The minimum atomic E-state index is -0.478. The highest BCUT2D eigenvalue weighted by Gasteiger charge is 2.35. The van der Waals surface area contributed by atoms with Gasteiger partial charge in [0.15, 0.2) is 5.78 Å². The summed E-state index contributed by atoms with van der Waals surface area (Å²) in [7, 11) is 3.86. The fraction of sp³-hybridized carbons (Fsp3) is 0.241. The van der Waals surface area contributed by atoms with Gasteiger partial charge in [0.25, 0.3) is 0 Å². The number of anilines is 3. The van der Waals surface area contributed by atoms with Crippen molar-refractivity contribution in [3.63, 3.8) is 0 Å². The summed E-state index contributed by atoms with van der Waals surface area (Å²) >= 11 is 0. The number of aromatic nitrogens is 3. The molecule has 39 heavy (non-hydrogen) atoms. The van der Waals surface area contributed by atoms with E-state index in [-0.39, 0.29) is 5.78 Å². The van der Waals surface area contributed by atoms with Crippen LogP contribution in [-0.2, 0) is 0 Å². The van der Waals surface area contributed by atoms with Crippen molar-refractivity contribution in [3.8, 4) is 22.5 Å². The lowest BCUT2D eigenvalue weighted by molar-refractivity contribution is 0.104. The lowest BCUT2D eigenvalue weighted by Gasteiger charge is -2.23. The van der Waals surface area contributed by atoms with Crippen molar-refractivity contribution < 1.29 is 9.59 Å². The Morgan fingerprint density at radius 1 is 0.974 bits per heavy atom. The summed E-state index contributed by atoms with van der Waals surface area (Å²) in [6, 6.07) is 18.6. The topological polar surface area (TPSA) is 109 Å². The van der Waals surface area contributed by atoms with Crippen LogP contribution >= 0.6 is 0 Å². The zero-order valence-electron chi connectivity index (χ0n) is 21.9. The van der Waals surface area contributed by atoms with Crippen LogP contribution < -0.4 is 20.7 Å². The highest BCUT2D eigenvalue weighted by molar-refractivity contribution is 6.27. The van der Waals surface area contributed by atoms with E-state index in [1.54, 1.807) is 31.4 Å². The van der Waals surface area contributed by atoms with Gasteiger partial charge in [-0.2, -0.15) is 5.10 Å². The maximum atomic E-state index is 13.7. The number of hydrogen-bond acceptors (Lipinski definition) is 7. The number of nitrogens with one attached hydrogen (secondary N) is 3. The molecule has 2 aromatic carbocycles. The van der Waals surface area contributed by atoms with Gasteiger partial charge in [-0.25, -0.2) is 15.2 Å². The number of hydrazine groups is 1. The first kappa shape index (κ1) is 24.6. The molecule has 198 valence electrons. The third kappa shape index (κ3) is 4.70. The Morgan fingerprint density at radius 3 is 2.62 bits per heavy atom. The smallest absolute Gasteiger partial charge is 0.338 e. The number of carbonyl (C=O) groups excluding carboxylic acids is 2. The Balaban J connectivity index is 1.22. The number of benzene rings is 2. The summed E-state index contributed by atoms with van der Waals surface area (Å²) in [6.07, 6.45) is 2.78. The molecule has 2 aromatic heterocycles. The summed E-state index contributed by atoms with van der Waals surface area (Å²) in [5, 5.41) is 11.9. The van der Waals surface area contributed by atoms with Crippen molar-refractivity contribution in [1.29, 1.82) is 0 Å². The molecule has 6 rings (SSSR count). The summed E-state index contributed by atoms with van der Waals surface area (Å²) in [6.45, 7) is 4.16.